The van der Waals surface area contributed by atoms with E-state index in [0.717, 1.165) is 12.2 Å². The molecule has 9 nitrogen and oxygen atoms in total. The zero-order chi connectivity index (χ0) is 19.2. The Kier molecular flexibility index (Phi) is 6.28. The van der Waals surface area contributed by atoms with Crippen molar-refractivity contribution in [1.82, 2.24) is 25.1 Å². The summed E-state index contributed by atoms with van der Waals surface area (Å²) in [5, 5.41) is 14.8. The number of nitrogens with one attached hydrogen (secondary N) is 1. The highest BCUT2D eigenvalue weighted by Gasteiger charge is 2.33. The van der Waals surface area contributed by atoms with Crippen LogP contribution in [0.2, 0.25) is 0 Å². The van der Waals surface area contributed by atoms with Gasteiger partial charge in [-0.1, -0.05) is 11.8 Å². The summed E-state index contributed by atoms with van der Waals surface area (Å²) >= 11 is 1.42. The van der Waals surface area contributed by atoms with Crippen molar-refractivity contribution in [3.05, 3.63) is 24.3 Å². The van der Waals surface area contributed by atoms with Gasteiger partial charge in [-0.25, -0.2) is 4.68 Å². The molecule has 3 rings (SSSR count). The summed E-state index contributed by atoms with van der Waals surface area (Å²) in [6.07, 6.45) is 1.84. The second-order valence-corrected chi connectivity index (χ2v) is 7.21. The molecular weight excluding hydrogens is 368 g/mol. The number of benzene rings is 1. The van der Waals surface area contributed by atoms with Crippen molar-refractivity contribution < 1.29 is 14.3 Å². The monoisotopic (exact) mass is 390 g/mol. The van der Waals surface area contributed by atoms with Gasteiger partial charge in [-0.3, -0.25) is 9.59 Å². The number of anilines is 1. The maximum Gasteiger partial charge on any atom is 0.247 e. The van der Waals surface area contributed by atoms with E-state index in [0.29, 0.717) is 36.0 Å². The molecule has 0 aliphatic carbocycles. The number of rotatable bonds is 7. The van der Waals surface area contributed by atoms with Gasteiger partial charge in [0.25, 0.3) is 0 Å². The standard InChI is InChI=1S/C17H22N6O3S/c1-22-17(19-20-21-22)27-11-9-15(24)23-10-3-4-14(23)16(25)18-12-5-7-13(26-2)8-6-12/h5-8,14H,3-4,9-11H2,1-2H3,(H,18,25). The molecule has 144 valence electrons. The van der Waals surface area contributed by atoms with E-state index in [2.05, 4.69) is 20.8 Å². The minimum atomic E-state index is -0.430. The average Bonchev–Trinajstić information content (AvgIpc) is 3.32. The van der Waals surface area contributed by atoms with Crippen LogP contribution in [0.25, 0.3) is 0 Å². The van der Waals surface area contributed by atoms with Crippen LogP contribution in [0.15, 0.2) is 29.4 Å². The highest BCUT2D eigenvalue weighted by molar-refractivity contribution is 7.99. The number of hydrogen-bond acceptors (Lipinski definition) is 7. The molecule has 2 heterocycles. The van der Waals surface area contributed by atoms with Crippen molar-refractivity contribution in [2.24, 2.45) is 7.05 Å². The van der Waals surface area contributed by atoms with E-state index in [1.165, 1.54) is 11.8 Å². The smallest absolute Gasteiger partial charge is 0.247 e. The lowest BCUT2D eigenvalue weighted by Crippen LogP contribution is -2.43. The highest BCUT2D eigenvalue weighted by atomic mass is 32.2. The van der Waals surface area contributed by atoms with Crippen LogP contribution in [0.5, 0.6) is 5.75 Å². The van der Waals surface area contributed by atoms with Gasteiger partial charge in [0, 0.05) is 31.5 Å². The average molecular weight is 390 g/mol. The number of aryl methyl sites for hydroxylation is 1. The Labute approximate surface area is 161 Å². The number of ether oxygens (including phenoxy) is 1. The number of aromatic nitrogens is 4. The first kappa shape index (κ1) is 19.2. The summed E-state index contributed by atoms with van der Waals surface area (Å²) < 4.78 is 6.68. The lowest BCUT2D eigenvalue weighted by molar-refractivity contribution is -0.136. The normalized spacial score (nSPS) is 16.4. The predicted molar refractivity (Wildman–Crippen MR) is 100 cm³/mol. The zero-order valence-corrected chi connectivity index (χ0v) is 16.1. The molecule has 0 saturated carbocycles. The van der Waals surface area contributed by atoms with Crippen LogP contribution in [-0.2, 0) is 16.6 Å². The van der Waals surface area contributed by atoms with Gasteiger partial charge in [-0.05, 0) is 47.5 Å². The number of carbonyl (C=O) groups is 2. The topological polar surface area (TPSA) is 102 Å². The summed E-state index contributed by atoms with van der Waals surface area (Å²) in [5.74, 6) is 1.11. The van der Waals surface area contributed by atoms with Gasteiger partial charge in [0.05, 0.1) is 7.11 Å². The molecule has 1 aromatic carbocycles. The number of carbonyl (C=O) groups excluding carboxylic acids is 2. The Bertz CT molecular complexity index is 794. The number of tetrazole rings is 1. The highest BCUT2D eigenvalue weighted by Crippen LogP contribution is 2.22. The van der Waals surface area contributed by atoms with Crippen LogP contribution in [0, 0.1) is 0 Å². The molecule has 1 aliphatic rings. The first-order chi connectivity index (χ1) is 13.1. The number of amides is 2. The summed E-state index contributed by atoms with van der Waals surface area (Å²) in [5.41, 5.74) is 0.686. The van der Waals surface area contributed by atoms with Crippen molar-refractivity contribution >= 4 is 29.3 Å². The molecule has 1 fully saturated rings. The van der Waals surface area contributed by atoms with Gasteiger partial charge in [-0.15, -0.1) is 5.10 Å². The SMILES string of the molecule is COc1ccc(NC(=O)C2CCCN2C(=O)CCSc2nnnn2C)cc1. The summed E-state index contributed by atoms with van der Waals surface area (Å²) in [4.78, 5) is 26.9. The Morgan fingerprint density at radius 1 is 1.33 bits per heavy atom. The first-order valence-electron chi connectivity index (χ1n) is 8.68. The quantitative estimate of drug-likeness (QED) is 0.712. The van der Waals surface area contributed by atoms with Gasteiger partial charge < -0.3 is 15.0 Å². The molecule has 0 bridgehead atoms. The Morgan fingerprint density at radius 2 is 2.11 bits per heavy atom. The second-order valence-electron chi connectivity index (χ2n) is 6.15. The summed E-state index contributed by atoms with van der Waals surface area (Å²) in [6.45, 7) is 0.607. The molecule has 10 heteroatoms. The summed E-state index contributed by atoms with van der Waals surface area (Å²) in [7, 11) is 3.35. The first-order valence-corrected chi connectivity index (χ1v) is 9.66. The van der Waals surface area contributed by atoms with Crippen LogP contribution >= 0.6 is 11.8 Å². The van der Waals surface area contributed by atoms with Crippen molar-refractivity contribution in [2.45, 2.75) is 30.5 Å². The Balaban J connectivity index is 1.52. The number of likely N-dealkylation sites (tertiary alicyclic amines) is 1. The van der Waals surface area contributed by atoms with Crippen LogP contribution in [0.1, 0.15) is 19.3 Å². The van der Waals surface area contributed by atoms with E-state index < -0.39 is 6.04 Å². The molecule has 2 amide bonds. The van der Waals surface area contributed by atoms with E-state index in [4.69, 9.17) is 4.74 Å². The zero-order valence-electron chi connectivity index (χ0n) is 15.3. The van der Waals surface area contributed by atoms with Crippen molar-refractivity contribution in [3.8, 4) is 5.75 Å². The fourth-order valence-electron chi connectivity index (χ4n) is 2.95. The maximum atomic E-state index is 12.6. The van der Waals surface area contributed by atoms with E-state index in [-0.39, 0.29) is 11.8 Å². The molecule has 1 aliphatic heterocycles. The molecule has 1 unspecified atom stereocenters. The lowest BCUT2D eigenvalue weighted by Gasteiger charge is -2.24. The molecule has 1 aromatic heterocycles. The Hall–Kier alpha value is -2.62. The molecule has 0 radical (unpaired) electrons. The van der Waals surface area contributed by atoms with Gasteiger partial charge in [0.2, 0.25) is 17.0 Å². The molecule has 27 heavy (non-hydrogen) atoms. The van der Waals surface area contributed by atoms with Crippen LogP contribution in [0.4, 0.5) is 5.69 Å². The van der Waals surface area contributed by atoms with Crippen molar-refractivity contribution in [3.63, 3.8) is 0 Å². The van der Waals surface area contributed by atoms with E-state index in [9.17, 15) is 9.59 Å². The van der Waals surface area contributed by atoms with Crippen LogP contribution in [-0.4, -0.2) is 62.4 Å². The second kappa shape index (κ2) is 8.85. The minimum absolute atomic E-state index is 0.0231. The van der Waals surface area contributed by atoms with Gasteiger partial charge in [0.1, 0.15) is 11.8 Å². The number of nitrogens with zero attached hydrogens (tertiary/aromatic N) is 5. The van der Waals surface area contributed by atoms with Gasteiger partial charge >= 0.3 is 0 Å². The van der Waals surface area contributed by atoms with E-state index in [1.807, 2.05) is 0 Å². The van der Waals surface area contributed by atoms with Crippen LogP contribution in [0.3, 0.4) is 0 Å². The number of hydrogen-bond donors (Lipinski definition) is 1. The minimum Gasteiger partial charge on any atom is -0.497 e. The fraction of sp³-hybridized carbons (Fsp3) is 0.471. The predicted octanol–water partition coefficient (Wildman–Crippen LogP) is 1.33. The van der Waals surface area contributed by atoms with Crippen molar-refractivity contribution in [2.75, 3.05) is 24.7 Å². The number of thioether (sulfide) groups is 1. The van der Waals surface area contributed by atoms with E-state index >= 15 is 0 Å². The molecule has 1 saturated heterocycles. The lowest BCUT2D eigenvalue weighted by atomic mass is 10.2. The summed E-state index contributed by atoms with van der Waals surface area (Å²) in [6, 6.07) is 6.70. The van der Waals surface area contributed by atoms with Crippen molar-refractivity contribution in [1.29, 1.82) is 0 Å². The molecule has 2 aromatic rings. The third-order valence-corrected chi connectivity index (χ3v) is 5.37. The molecular formula is C17H22N6O3S. The number of methoxy groups -OCH3 is 1. The third kappa shape index (κ3) is 4.76. The van der Waals surface area contributed by atoms with Gasteiger partial charge in [0.15, 0.2) is 0 Å². The van der Waals surface area contributed by atoms with Gasteiger partial charge in [-0.2, -0.15) is 0 Å². The van der Waals surface area contributed by atoms with Crippen LogP contribution < -0.4 is 10.1 Å². The molecule has 0 spiro atoms. The maximum absolute atomic E-state index is 12.6. The third-order valence-electron chi connectivity index (χ3n) is 4.36. The molecule has 1 atom stereocenters. The largest absolute Gasteiger partial charge is 0.497 e. The Morgan fingerprint density at radius 3 is 2.78 bits per heavy atom. The fourth-order valence-corrected chi connectivity index (χ4v) is 3.73. The van der Waals surface area contributed by atoms with E-state index in [1.54, 1.807) is 48.0 Å². The molecule has 1 N–H and O–H groups in total.